The van der Waals surface area contributed by atoms with Crippen LogP contribution in [-0.2, 0) is 19.6 Å². The number of ether oxygens (including phenoxy) is 1. The lowest BCUT2D eigenvalue weighted by molar-refractivity contribution is -0.122. The monoisotopic (exact) mass is 405 g/mol. The zero-order chi connectivity index (χ0) is 20.0. The minimum Gasteiger partial charge on any atom is -0.379 e. The van der Waals surface area contributed by atoms with E-state index in [4.69, 9.17) is 4.74 Å². The van der Waals surface area contributed by atoms with Crippen molar-refractivity contribution in [1.82, 2.24) is 14.9 Å². The fourth-order valence-corrected chi connectivity index (χ4v) is 4.42. The van der Waals surface area contributed by atoms with E-state index in [0.29, 0.717) is 6.54 Å². The summed E-state index contributed by atoms with van der Waals surface area (Å²) in [7, 11) is -3.78. The normalized spacial score (nSPS) is 16.8. The summed E-state index contributed by atoms with van der Waals surface area (Å²) < 4.78 is 33.0. The molecule has 1 saturated heterocycles. The number of fused-ring (bicyclic) bond motifs is 1. The van der Waals surface area contributed by atoms with E-state index in [-0.39, 0.29) is 10.8 Å². The van der Waals surface area contributed by atoms with E-state index < -0.39 is 16.1 Å². The highest BCUT2D eigenvalue weighted by molar-refractivity contribution is 7.89. The fraction of sp³-hybridized carbons (Fsp3) is 0.450. The molecule has 0 aromatic heterocycles. The SMILES string of the molecule is C[C@@H](NS(=O)(=O)c1ccc2ccccc2c1)C(=O)NCCCN1CCOCC1. The number of hydrogen-bond acceptors (Lipinski definition) is 5. The first-order valence-electron chi connectivity index (χ1n) is 9.55. The van der Waals surface area contributed by atoms with Crippen molar-refractivity contribution in [1.29, 1.82) is 0 Å². The average molecular weight is 406 g/mol. The maximum atomic E-state index is 12.6. The van der Waals surface area contributed by atoms with Crippen LogP contribution >= 0.6 is 0 Å². The lowest BCUT2D eigenvalue weighted by Gasteiger charge is -2.26. The van der Waals surface area contributed by atoms with Crippen molar-refractivity contribution in [3.8, 4) is 0 Å². The molecule has 0 radical (unpaired) electrons. The van der Waals surface area contributed by atoms with Gasteiger partial charge in [-0.25, -0.2) is 8.42 Å². The van der Waals surface area contributed by atoms with Crippen molar-refractivity contribution in [2.24, 2.45) is 0 Å². The van der Waals surface area contributed by atoms with Gasteiger partial charge < -0.3 is 10.1 Å². The van der Waals surface area contributed by atoms with Crippen LogP contribution in [0.2, 0.25) is 0 Å². The second-order valence-corrected chi connectivity index (χ2v) is 8.66. The number of benzene rings is 2. The Kier molecular flexibility index (Phi) is 7.01. The van der Waals surface area contributed by atoms with Crippen molar-refractivity contribution >= 4 is 26.7 Å². The van der Waals surface area contributed by atoms with E-state index >= 15 is 0 Å². The standard InChI is InChI=1S/C20H27N3O4S/c1-16(20(24)21-9-4-10-23-11-13-27-14-12-23)22-28(25,26)19-8-7-17-5-2-3-6-18(17)15-19/h2-3,5-8,15-16,22H,4,9-14H2,1H3,(H,21,24)/t16-/m1/s1. The third-order valence-corrected chi connectivity index (χ3v) is 6.35. The molecule has 1 amide bonds. The molecule has 1 atom stereocenters. The first-order valence-corrected chi connectivity index (χ1v) is 11.0. The number of nitrogens with one attached hydrogen (secondary N) is 2. The first kappa shape index (κ1) is 20.7. The number of sulfonamides is 1. The molecule has 2 aromatic rings. The molecule has 7 nitrogen and oxygen atoms in total. The van der Waals surface area contributed by atoms with Gasteiger partial charge in [-0.15, -0.1) is 0 Å². The van der Waals surface area contributed by atoms with Crippen LogP contribution in [0.3, 0.4) is 0 Å². The van der Waals surface area contributed by atoms with Crippen LogP contribution < -0.4 is 10.0 Å². The molecule has 0 saturated carbocycles. The van der Waals surface area contributed by atoms with Gasteiger partial charge in [0.05, 0.1) is 24.2 Å². The summed E-state index contributed by atoms with van der Waals surface area (Å²) in [6, 6.07) is 11.6. The van der Waals surface area contributed by atoms with Gasteiger partial charge in [0.25, 0.3) is 0 Å². The van der Waals surface area contributed by atoms with E-state index in [1.807, 2.05) is 24.3 Å². The Morgan fingerprint density at radius 1 is 1.14 bits per heavy atom. The molecule has 0 unspecified atom stereocenters. The van der Waals surface area contributed by atoms with Gasteiger partial charge >= 0.3 is 0 Å². The molecule has 152 valence electrons. The topological polar surface area (TPSA) is 87.7 Å². The van der Waals surface area contributed by atoms with Crippen LogP contribution in [-0.4, -0.2) is 64.7 Å². The van der Waals surface area contributed by atoms with E-state index in [1.165, 1.54) is 0 Å². The summed E-state index contributed by atoms with van der Waals surface area (Å²) >= 11 is 0. The molecular weight excluding hydrogens is 378 g/mol. The number of hydrogen-bond donors (Lipinski definition) is 2. The van der Waals surface area contributed by atoms with Gasteiger partial charge in [0, 0.05) is 19.6 Å². The highest BCUT2D eigenvalue weighted by Crippen LogP contribution is 2.19. The van der Waals surface area contributed by atoms with Crippen LogP contribution in [0.25, 0.3) is 10.8 Å². The number of carbonyl (C=O) groups excluding carboxylic acids is 1. The van der Waals surface area contributed by atoms with Gasteiger partial charge in [0.2, 0.25) is 15.9 Å². The van der Waals surface area contributed by atoms with Crippen molar-refractivity contribution in [3.63, 3.8) is 0 Å². The van der Waals surface area contributed by atoms with Crippen molar-refractivity contribution in [2.75, 3.05) is 39.4 Å². The van der Waals surface area contributed by atoms with Gasteiger partial charge in [0.15, 0.2) is 0 Å². The quantitative estimate of drug-likeness (QED) is 0.648. The van der Waals surface area contributed by atoms with E-state index in [2.05, 4.69) is 14.9 Å². The van der Waals surface area contributed by atoms with Gasteiger partial charge in [-0.2, -0.15) is 4.72 Å². The summed E-state index contributed by atoms with van der Waals surface area (Å²) in [6.45, 7) is 6.28. The number of amides is 1. The van der Waals surface area contributed by atoms with Crippen molar-refractivity contribution in [2.45, 2.75) is 24.3 Å². The third-order valence-electron chi connectivity index (χ3n) is 4.81. The zero-order valence-corrected chi connectivity index (χ0v) is 16.9. The van der Waals surface area contributed by atoms with Crippen molar-refractivity contribution in [3.05, 3.63) is 42.5 Å². The number of morpholine rings is 1. The lowest BCUT2D eigenvalue weighted by atomic mass is 10.1. The summed E-state index contributed by atoms with van der Waals surface area (Å²) in [6.07, 6.45) is 0.815. The van der Waals surface area contributed by atoms with Gasteiger partial charge in [0.1, 0.15) is 0 Å². The fourth-order valence-electron chi connectivity index (χ4n) is 3.18. The molecule has 8 heteroatoms. The van der Waals surface area contributed by atoms with Crippen LogP contribution in [0.5, 0.6) is 0 Å². The molecule has 0 spiro atoms. The van der Waals surface area contributed by atoms with Gasteiger partial charge in [-0.3, -0.25) is 9.69 Å². The molecule has 0 bridgehead atoms. The zero-order valence-electron chi connectivity index (χ0n) is 16.1. The largest absolute Gasteiger partial charge is 0.379 e. The van der Waals surface area contributed by atoms with Crippen molar-refractivity contribution < 1.29 is 17.9 Å². The molecule has 28 heavy (non-hydrogen) atoms. The Bertz CT molecular complexity index is 911. The average Bonchev–Trinajstić information content (AvgIpc) is 2.71. The smallest absolute Gasteiger partial charge is 0.241 e. The van der Waals surface area contributed by atoms with E-state index in [9.17, 15) is 13.2 Å². The molecular formula is C20H27N3O4S. The minimum atomic E-state index is -3.78. The van der Waals surface area contributed by atoms with Crippen LogP contribution in [0.1, 0.15) is 13.3 Å². The molecule has 1 aliphatic rings. The highest BCUT2D eigenvalue weighted by atomic mass is 32.2. The van der Waals surface area contributed by atoms with E-state index in [0.717, 1.165) is 50.0 Å². The molecule has 1 fully saturated rings. The summed E-state index contributed by atoms with van der Waals surface area (Å²) in [5.74, 6) is -0.327. The van der Waals surface area contributed by atoms with Gasteiger partial charge in [-0.05, 0) is 42.8 Å². The first-order chi connectivity index (χ1) is 13.5. The molecule has 1 aliphatic heterocycles. The Labute approximate surface area is 166 Å². The summed E-state index contributed by atoms with van der Waals surface area (Å²) in [5.41, 5.74) is 0. The predicted octanol–water partition coefficient (Wildman–Crippen LogP) is 1.35. The molecule has 1 heterocycles. The summed E-state index contributed by atoms with van der Waals surface area (Å²) in [4.78, 5) is 14.7. The second-order valence-electron chi connectivity index (χ2n) is 6.95. The molecule has 0 aliphatic carbocycles. The van der Waals surface area contributed by atoms with Crippen LogP contribution in [0.15, 0.2) is 47.4 Å². The predicted molar refractivity (Wildman–Crippen MR) is 109 cm³/mol. The third kappa shape index (κ3) is 5.51. The van der Waals surface area contributed by atoms with Crippen LogP contribution in [0, 0.1) is 0 Å². The van der Waals surface area contributed by atoms with E-state index in [1.54, 1.807) is 25.1 Å². The van der Waals surface area contributed by atoms with Gasteiger partial charge in [-0.1, -0.05) is 30.3 Å². The molecule has 2 N–H and O–H groups in total. The number of rotatable bonds is 8. The Balaban J connectivity index is 1.50. The Hall–Kier alpha value is -2.00. The minimum absolute atomic E-state index is 0.151. The molecule has 3 rings (SSSR count). The van der Waals surface area contributed by atoms with Crippen LogP contribution in [0.4, 0.5) is 0 Å². The maximum Gasteiger partial charge on any atom is 0.241 e. The Morgan fingerprint density at radius 3 is 2.61 bits per heavy atom. The summed E-state index contributed by atoms with van der Waals surface area (Å²) in [5, 5.41) is 4.61. The maximum absolute atomic E-state index is 12.6. The second kappa shape index (κ2) is 9.47. The number of carbonyl (C=O) groups is 1. The molecule has 2 aromatic carbocycles. The lowest BCUT2D eigenvalue weighted by Crippen LogP contribution is -2.45. The number of nitrogens with zero attached hydrogens (tertiary/aromatic N) is 1. The Morgan fingerprint density at radius 2 is 1.86 bits per heavy atom. The highest BCUT2D eigenvalue weighted by Gasteiger charge is 2.22.